The molecule has 0 spiro atoms. The number of halogens is 1. The number of hydrogen-bond donors (Lipinski definition) is 0. The van der Waals surface area contributed by atoms with E-state index in [1.165, 1.54) is 15.2 Å². The third kappa shape index (κ3) is 3.22. The van der Waals surface area contributed by atoms with Crippen molar-refractivity contribution in [3.63, 3.8) is 0 Å². The van der Waals surface area contributed by atoms with Crippen molar-refractivity contribution >= 4 is 0 Å². The summed E-state index contributed by atoms with van der Waals surface area (Å²) in [6.07, 6.45) is 0.670. The zero-order valence-electron chi connectivity index (χ0n) is 12.2. The van der Waals surface area contributed by atoms with Gasteiger partial charge >= 0.3 is 5.69 Å². The summed E-state index contributed by atoms with van der Waals surface area (Å²) in [4.78, 5) is 24.2. The van der Waals surface area contributed by atoms with Crippen molar-refractivity contribution in [2.45, 2.75) is 53.6 Å². The second-order valence-electron chi connectivity index (χ2n) is 5.02. The number of nitrogens with zero attached hydrogens (tertiary/aromatic N) is 2. The van der Waals surface area contributed by atoms with E-state index in [-0.39, 0.29) is 24.0 Å². The summed E-state index contributed by atoms with van der Waals surface area (Å²) in [5.74, 6) is -0.348. The first-order valence-electron chi connectivity index (χ1n) is 6.44. The van der Waals surface area contributed by atoms with Gasteiger partial charge < -0.3 is 0 Å². The fourth-order valence-corrected chi connectivity index (χ4v) is 1.78. The molecule has 5 heteroatoms. The molecule has 0 bridgehead atoms. The number of aromatic nitrogens is 2. The molecule has 0 N–H and O–H groups in total. The van der Waals surface area contributed by atoms with Gasteiger partial charge in [-0.25, -0.2) is 9.18 Å². The van der Waals surface area contributed by atoms with Crippen LogP contribution in [0, 0.1) is 6.92 Å². The maximum Gasteiger partial charge on any atom is 0.331 e. The predicted octanol–water partition coefficient (Wildman–Crippen LogP) is 2.55. The van der Waals surface area contributed by atoms with E-state index in [0.717, 1.165) is 0 Å². The standard InChI is InChI=1S/C14H21FN2O2/c1-6-10(4)17-13(18)7-11(5)16(14(17)19)8-12(15)9(2)3/h7,10H,6,8H2,1-5H3. The topological polar surface area (TPSA) is 44.0 Å². The minimum Gasteiger partial charge on any atom is -0.291 e. The molecule has 0 radical (unpaired) electrons. The van der Waals surface area contributed by atoms with Crippen LogP contribution in [0.3, 0.4) is 0 Å². The largest absolute Gasteiger partial charge is 0.331 e. The molecule has 19 heavy (non-hydrogen) atoms. The molecular formula is C14H21FN2O2. The average Bonchev–Trinajstić information content (AvgIpc) is 2.33. The molecule has 0 aliphatic rings. The van der Waals surface area contributed by atoms with Crippen LogP contribution >= 0.6 is 0 Å². The molecule has 1 aromatic heterocycles. The Morgan fingerprint density at radius 2 is 1.95 bits per heavy atom. The van der Waals surface area contributed by atoms with Crippen LogP contribution in [0.15, 0.2) is 27.1 Å². The number of allylic oxidation sites excluding steroid dienone is 2. The lowest BCUT2D eigenvalue weighted by atomic mass is 10.2. The zero-order valence-corrected chi connectivity index (χ0v) is 12.2. The molecule has 0 fully saturated rings. The SMILES string of the molecule is CCC(C)n1c(=O)cc(C)n(CC(F)=C(C)C)c1=O. The molecule has 0 aromatic carbocycles. The molecule has 0 aliphatic heterocycles. The van der Waals surface area contributed by atoms with E-state index in [4.69, 9.17) is 0 Å². The Hall–Kier alpha value is -1.65. The van der Waals surface area contributed by atoms with E-state index in [9.17, 15) is 14.0 Å². The highest BCUT2D eigenvalue weighted by atomic mass is 19.1. The third-order valence-electron chi connectivity index (χ3n) is 3.30. The van der Waals surface area contributed by atoms with Gasteiger partial charge in [-0.3, -0.25) is 13.9 Å². The normalized spacial score (nSPS) is 12.3. The van der Waals surface area contributed by atoms with E-state index in [2.05, 4.69) is 0 Å². The molecule has 1 heterocycles. The highest BCUT2D eigenvalue weighted by molar-refractivity contribution is 5.07. The van der Waals surface area contributed by atoms with Gasteiger partial charge in [0.05, 0.1) is 6.54 Å². The Balaban J connectivity index is 3.47. The van der Waals surface area contributed by atoms with Crippen LogP contribution in [0.1, 0.15) is 45.9 Å². The number of rotatable bonds is 4. The van der Waals surface area contributed by atoms with Crippen LogP contribution in [0.2, 0.25) is 0 Å². The van der Waals surface area contributed by atoms with Crippen LogP contribution in [-0.2, 0) is 6.54 Å². The van der Waals surface area contributed by atoms with E-state index >= 15 is 0 Å². The second kappa shape index (κ2) is 5.99. The van der Waals surface area contributed by atoms with Gasteiger partial charge in [-0.2, -0.15) is 0 Å². The zero-order chi connectivity index (χ0) is 14.7. The molecule has 0 saturated carbocycles. The highest BCUT2D eigenvalue weighted by Crippen LogP contribution is 2.09. The smallest absolute Gasteiger partial charge is 0.291 e. The Labute approximate surface area is 112 Å². The van der Waals surface area contributed by atoms with Gasteiger partial charge in [0.15, 0.2) is 0 Å². The quantitative estimate of drug-likeness (QED) is 0.842. The maximum atomic E-state index is 13.7. The van der Waals surface area contributed by atoms with Gasteiger partial charge in [0, 0.05) is 17.8 Å². The monoisotopic (exact) mass is 268 g/mol. The Bertz CT molecular complexity index is 607. The molecule has 4 nitrogen and oxygen atoms in total. The molecule has 106 valence electrons. The van der Waals surface area contributed by atoms with Gasteiger partial charge in [-0.05, 0) is 39.7 Å². The Morgan fingerprint density at radius 1 is 1.37 bits per heavy atom. The van der Waals surface area contributed by atoms with Crippen molar-refractivity contribution < 1.29 is 4.39 Å². The molecule has 1 rings (SSSR count). The van der Waals surface area contributed by atoms with Crippen LogP contribution in [0.25, 0.3) is 0 Å². The Morgan fingerprint density at radius 3 is 2.42 bits per heavy atom. The van der Waals surface area contributed by atoms with Gasteiger partial charge in [0.2, 0.25) is 0 Å². The van der Waals surface area contributed by atoms with Crippen molar-refractivity contribution in [2.24, 2.45) is 0 Å². The van der Waals surface area contributed by atoms with E-state index in [0.29, 0.717) is 17.7 Å². The van der Waals surface area contributed by atoms with Gasteiger partial charge in [-0.15, -0.1) is 0 Å². The summed E-state index contributed by atoms with van der Waals surface area (Å²) in [7, 11) is 0. The fourth-order valence-electron chi connectivity index (χ4n) is 1.78. The van der Waals surface area contributed by atoms with Gasteiger partial charge in [-0.1, -0.05) is 6.92 Å². The summed E-state index contributed by atoms with van der Waals surface area (Å²) >= 11 is 0. The molecular weight excluding hydrogens is 247 g/mol. The number of aryl methyl sites for hydroxylation is 1. The minimum atomic E-state index is -0.448. The van der Waals surface area contributed by atoms with Crippen molar-refractivity contribution in [1.29, 1.82) is 0 Å². The first kappa shape index (κ1) is 15.4. The van der Waals surface area contributed by atoms with Crippen molar-refractivity contribution in [3.8, 4) is 0 Å². The lowest BCUT2D eigenvalue weighted by Crippen LogP contribution is -2.42. The molecule has 1 aromatic rings. The van der Waals surface area contributed by atoms with Crippen molar-refractivity contribution in [2.75, 3.05) is 0 Å². The molecule has 0 amide bonds. The Kier molecular flexibility index (Phi) is 4.86. The summed E-state index contributed by atoms with van der Waals surface area (Å²) in [5, 5.41) is 0. The van der Waals surface area contributed by atoms with E-state index in [1.54, 1.807) is 27.7 Å². The highest BCUT2D eigenvalue weighted by Gasteiger charge is 2.14. The van der Waals surface area contributed by atoms with Gasteiger partial charge in [0.1, 0.15) is 5.83 Å². The van der Waals surface area contributed by atoms with Crippen molar-refractivity contribution in [3.05, 3.63) is 44.0 Å². The van der Waals surface area contributed by atoms with Crippen LogP contribution in [-0.4, -0.2) is 9.13 Å². The van der Waals surface area contributed by atoms with Gasteiger partial charge in [0.25, 0.3) is 5.56 Å². The van der Waals surface area contributed by atoms with Crippen LogP contribution < -0.4 is 11.2 Å². The molecule has 0 saturated heterocycles. The fraction of sp³-hybridized carbons (Fsp3) is 0.571. The third-order valence-corrected chi connectivity index (χ3v) is 3.30. The lowest BCUT2D eigenvalue weighted by molar-refractivity contribution is 0.447. The summed E-state index contributed by atoms with van der Waals surface area (Å²) in [6.45, 7) is 8.53. The van der Waals surface area contributed by atoms with Crippen LogP contribution in [0.5, 0.6) is 0 Å². The van der Waals surface area contributed by atoms with E-state index in [1.807, 2.05) is 6.92 Å². The first-order valence-corrected chi connectivity index (χ1v) is 6.44. The average molecular weight is 268 g/mol. The van der Waals surface area contributed by atoms with E-state index < -0.39 is 5.69 Å². The molecule has 0 aliphatic carbocycles. The maximum absolute atomic E-state index is 13.7. The molecule has 1 atom stereocenters. The summed E-state index contributed by atoms with van der Waals surface area (Å²) < 4.78 is 16.2. The second-order valence-corrected chi connectivity index (χ2v) is 5.02. The first-order chi connectivity index (χ1) is 8.79. The molecule has 1 unspecified atom stereocenters. The number of hydrogen-bond acceptors (Lipinski definition) is 2. The van der Waals surface area contributed by atoms with Crippen LogP contribution in [0.4, 0.5) is 4.39 Å². The predicted molar refractivity (Wildman–Crippen MR) is 74.2 cm³/mol. The minimum absolute atomic E-state index is 0.121. The summed E-state index contributed by atoms with van der Waals surface area (Å²) in [5.41, 5.74) is 0.236. The lowest BCUT2D eigenvalue weighted by Gasteiger charge is -2.16. The van der Waals surface area contributed by atoms with Crippen molar-refractivity contribution in [1.82, 2.24) is 9.13 Å². The summed E-state index contributed by atoms with van der Waals surface area (Å²) in [6, 6.07) is 1.19.